The summed E-state index contributed by atoms with van der Waals surface area (Å²) in [6, 6.07) is 20.3. The van der Waals surface area contributed by atoms with Gasteiger partial charge in [0.05, 0.1) is 18.2 Å². The molecule has 0 aliphatic rings. The van der Waals surface area contributed by atoms with Gasteiger partial charge in [0.1, 0.15) is 12.4 Å². The predicted octanol–water partition coefficient (Wildman–Crippen LogP) is 3.78. The van der Waals surface area contributed by atoms with Gasteiger partial charge in [-0.1, -0.05) is 36.4 Å². The van der Waals surface area contributed by atoms with E-state index in [4.69, 9.17) is 15.6 Å². The maximum Gasteiger partial charge on any atom is 0.307 e. The van der Waals surface area contributed by atoms with Crippen molar-refractivity contribution in [3.63, 3.8) is 0 Å². The number of nitrogens with two attached hydrogens (primary N) is 1. The van der Waals surface area contributed by atoms with Crippen molar-refractivity contribution in [2.75, 3.05) is 6.26 Å². The Kier molecular flexibility index (Phi) is 6.22. The van der Waals surface area contributed by atoms with Crippen LogP contribution in [-0.2, 0) is 34.4 Å². The summed E-state index contributed by atoms with van der Waals surface area (Å²) >= 11 is 0. The largest absolute Gasteiger partial charge is 0.489 e. The van der Waals surface area contributed by atoms with Crippen LogP contribution in [-0.4, -0.2) is 29.7 Å². The van der Waals surface area contributed by atoms with E-state index in [0.29, 0.717) is 23.4 Å². The summed E-state index contributed by atoms with van der Waals surface area (Å²) in [4.78, 5) is 11.2. The standard InChI is InChI=1S/C25H24N2O5S/c1-33(30,31)27-10-9-21-22(19-7-4-5-17(11-19)15-26)12-18(13-23(21)27)16-32-24-8-3-2-6-20(24)14-25(28)29/h2-13H,14-16,26H2,1H3,(H,28,29). The fourth-order valence-corrected chi connectivity index (χ4v) is 4.66. The first-order valence-corrected chi connectivity index (χ1v) is 12.2. The molecule has 0 unspecified atom stereocenters. The molecule has 33 heavy (non-hydrogen) atoms. The Balaban J connectivity index is 1.80. The highest BCUT2D eigenvalue weighted by Crippen LogP contribution is 2.33. The third-order valence-corrected chi connectivity index (χ3v) is 6.40. The molecule has 1 heterocycles. The lowest BCUT2D eigenvalue weighted by Gasteiger charge is -2.14. The van der Waals surface area contributed by atoms with E-state index >= 15 is 0 Å². The Bertz CT molecular complexity index is 1440. The van der Waals surface area contributed by atoms with Crippen LogP contribution in [0.1, 0.15) is 16.7 Å². The van der Waals surface area contributed by atoms with Gasteiger partial charge in [0, 0.05) is 23.7 Å². The summed E-state index contributed by atoms with van der Waals surface area (Å²) in [5, 5.41) is 9.96. The van der Waals surface area contributed by atoms with Crippen LogP contribution in [0.15, 0.2) is 72.9 Å². The second kappa shape index (κ2) is 9.09. The number of fused-ring (bicyclic) bond motifs is 1. The summed E-state index contributed by atoms with van der Waals surface area (Å²) in [6.07, 6.45) is 2.55. The van der Waals surface area contributed by atoms with Crippen LogP contribution in [0.5, 0.6) is 5.75 Å². The summed E-state index contributed by atoms with van der Waals surface area (Å²) in [7, 11) is -3.51. The van der Waals surface area contributed by atoms with Crippen molar-refractivity contribution >= 4 is 26.9 Å². The number of hydrogen-bond donors (Lipinski definition) is 2. The SMILES string of the molecule is CS(=O)(=O)n1ccc2c(-c3cccc(CN)c3)cc(COc3ccccc3CC(=O)O)cc21. The molecule has 3 N–H and O–H groups in total. The second-order valence-corrected chi connectivity index (χ2v) is 9.68. The van der Waals surface area contributed by atoms with Gasteiger partial charge in [0.2, 0.25) is 10.0 Å². The first kappa shape index (κ1) is 22.6. The summed E-state index contributed by atoms with van der Waals surface area (Å²) < 4.78 is 31.9. The first-order valence-electron chi connectivity index (χ1n) is 10.3. The molecule has 7 nitrogen and oxygen atoms in total. The zero-order valence-corrected chi connectivity index (χ0v) is 18.9. The van der Waals surface area contributed by atoms with Gasteiger partial charge in [-0.05, 0) is 52.6 Å². The lowest BCUT2D eigenvalue weighted by molar-refractivity contribution is -0.136. The van der Waals surface area contributed by atoms with Gasteiger partial charge >= 0.3 is 5.97 Å². The van der Waals surface area contributed by atoms with Crippen molar-refractivity contribution in [1.29, 1.82) is 0 Å². The minimum Gasteiger partial charge on any atom is -0.489 e. The molecule has 0 fully saturated rings. The minimum atomic E-state index is -3.51. The molecule has 1 aromatic heterocycles. The van der Waals surface area contributed by atoms with Crippen LogP contribution in [0.3, 0.4) is 0 Å². The number of aliphatic carboxylic acids is 1. The monoisotopic (exact) mass is 464 g/mol. The smallest absolute Gasteiger partial charge is 0.307 e. The zero-order chi connectivity index (χ0) is 23.6. The van der Waals surface area contributed by atoms with E-state index < -0.39 is 16.0 Å². The molecule has 8 heteroatoms. The molecular weight excluding hydrogens is 440 g/mol. The lowest BCUT2D eigenvalue weighted by Crippen LogP contribution is -2.09. The van der Waals surface area contributed by atoms with E-state index in [1.807, 2.05) is 30.3 Å². The van der Waals surface area contributed by atoms with Crippen LogP contribution in [0, 0.1) is 0 Å². The number of carboxylic acids is 1. The van der Waals surface area contributed by atoms with Gasteiger partial charge in [-0.25, -0.2) is 12.4 Å². The highest BCUT2D eigenvalue weighted by molar-refractivity contribution is 7.89. The van der Waals surface area contributed by atoms with Gasteiger partial charge in [-0.2, -0.15) is 0 Å². The second-order valence-electron chi connectivity index (χ2n) is 7.82. The molecule has 0 aliphatic heterocycles. The maximum absolute atomic E-state index is 12.4. The minimum absolute atomic E-state index is 0.144. The van der Waals surface area contributed by atoms with Crippen LogP contribution in [0.2, 0.25) is 0 Å². The number of para-hydroxylation sites is 1. The molecular formula is C25H24N2O5S. The summed E-state index contributed by atoms with van der Waals surface area (Å²) in [5.74, 6) is -0.467. The van der Waals surface area contributed by atoms with Gasteiger partial charge in [-0.3, -0.25) is 4.79 Å². The third-order valence-electron chi connectivity index (χ3n) is 5.37. The number of aromatic nitrogens is 1. The maximum atomic E-state index is 12.4. The average Bonchev–Trinajstić information content (AvgIpc) is 3.22. The van der Waals surface area contributed by atoms with E-state index in [9.17, 15) is 13.2 Å². The van der Waals surface area contributed by atoms with Crippen molar-refractivity contribution in [2.45, 2.75) is 19.6 Å². The molecule has 0 saturated heterocycles. The summed E-state index contributed by atoms with van der Waals surface area (Å²) in [6.45, 7) is 0.537. The Labute approximate surface area is 192 Å². The fourth-order valence-electron chi connectivity index (χ4n) is 3.87. The van der Waals surface area contributed by atoms with E-state index in [-0.39, 0.29) is 13.0 Å². The van der Waals surface area contributed by atoms with Crippen molar-refractivity contribution < 1.29 is 23.1 Å². The topological polar surface area (TPSA) is 112 Å². The van der Waals surface area contributed by atoms with Gasteiger partial charge in [0.15, 0.2) is 0 Å². The Morgan fingerprint density at radius 1 is 1.03 bits per heavy atom. The molecule has 0 bridgehead atoms. The lowest BCUT2D eigenvalue weighted by atomic mass is 9.97. The van der Waals surface area contributed by atoms with Gasteiger partial charge < -0.3 is 15.6 Å². The molecule has 0 radical (unpaired) electrons. The molecule has 4 rings (SSSR count). The fraction of sp³-hybridized carbons (Fsp3) is 0.160. The van der Waals surface area contributed by atoms with Crippen molar-refractivity contribution in [3.8, 4) is 16.9 Å². The van der Waals surface area contributed by atoms with Crippen LogP contribution < -0.4 is 10.5 Å². The van der Waals surface area contributed by atoms with Gasteiger partial charge in [-0.15, -0.1) is 0 Å². The van der Waals surface area contributed by atoms with Crippen LogP contribution in [0.4, 0.5) is 0 Å². The van der Waals surface area contributed by atoms with E-state index in [2.05, 4.69) is 0 Å². The molecule has 0 atom stereocenters. The van der Waals surface area contributed by atoms with E-state index in [0.717, 1.165) is 33.9 Å². The van der Waals surface area contributed by atoms with E-state index in [1.54, 1.807) is 42.6 Å². The third kappa shape index (κ3) is 4.92. The molecule has 3 aromatic carbocycles. The van der Waals surface area contributed by atoms with Gasteiger partial charge in [0.25, 0.3) is 0 Å². The molecule has 0 spiro atoms. The normalized spacial score (nSPS) is 11.6. The van der Waals surface area contributed by atoms with Crippen molar-refractivity contribution in [1.82, 2.24) is 3.97 Å². The Morgan fingerprint density at radius 3 is 2.55 bits per heavy atom. The van der Waals surface area contributed by atoms with Crippen LogP contribution >= 0.6 is 0 Å². The molecule has 0 aliphatic carbocycles. The number of carboxylic acid groups (broad SMARTS) is 1. The van der Waals surface area contributed by atoms with E-state index in [1.165, 1.54) is 3.97 Å². The summed E-state index contributed by atoms with van der Waals surface area (Å²) in [5.41, 5.74) is 10.4. The molecule has 4 aromatic rings. The highest BCUT2D eigenvalue weighted by Gasteiger charge is 2.16. The van der Waals surface area contributed by atoms with Crippen LogP contribution in [0.25, 0.3) is 22.0 Å². The highest BCUT2D eigenvalue weighted by atomic mass is 32.2. The number of nitrogens with zero attached hydrogens (tertiary/aromatic N) is 1. The first-order chi connectivity index (χ1) is 15.8. The number of benzene rings is 3. The number of ether oxygens (including phenoxy) is 1. The Morgan fingerprint density at radius 2 is 1.82 bits per heavy atom. The molecule has 170 valence electrons. The van der Waals surface area contributed by atoms with Crippen molar-refractivity contribution in [2.24, 2.45) is 5.73 Å². The number of hydrogen-bond acceptors (Lipinski definition) is 5. The Hall–Kier alpha value is -3.62. The average molecular weight is 465 g/mol. The zero-order valence-electron chi connectivity index (χ0n) is 18.1. The molecule has 0 saturated carbocycles. The number of carbonyl (C=O) groups is 1. The van der Waals surface area contributed by atoms with Crippen molar-refractivity contribution in [3.05, 3.63) is 89.6 Å². The number of rotatable bonds is 8. The predicted molar refractivity (Wildman–Crippen MR) is 128 cm³/mol. The molecule has 0 amide bonds. The quantitative estimate of drug-likeness (QED) is 0.410.